The Kier molecular flexibility index (Phi) is 5.08. The summed E-state index contributed by atoms with van der Waals surface area (Å²) in [6.45, 7) is 1.55. The van der Waals surface area contributed by atoms with Crippen molar-refractivity contribution in [1.29, 1.82) is 0 Å². The van der Waals surface area contributed by atoms with Gasteiger partial charge in [-0.25, -0.2) is 4.98 Å². The summed E-state index contributed by atoms with van der Waals surface area (Å²) >= 11 is 1.00. The molecule has 5 nitrogen and oxygen atoms in total. The number of H-pyrrole nitrogens is 1. The standard InChI is InChI=1S/C17H16F3N3O2S/c1-9(26-16-22-12-8-4-5-10(12)15(25)23-16)14(24)21-13-7-3-2-6-11(13)17(18,19)20/h2-3,6-7,9H,4-5,8H2,1H3,(H,21,24)(H,22,23,25)/t9-/m0/s1. The quantitative estimate of drug-likeness (QED) is 0.627. The molecule has 138 valence electrons. The predicted molar refractivity (Wildman–Crippen MR) is 92.3 cm³/mol. The Hall–Kier alpha value is -2.29. The van der Waals surface area contributed by atoms with Gasteiger partial charge in [-0.2, -0.15) is 13.2 Å². The maximum Gasteiger partial charge on any atom is 0.418 e. The number of carbonyl (C=O) groups excluding carboxylic acids is 1. The van der Waals surface area contributed by atoms with Gasteiger partial charge in [-0.05, 0) is 38.3 Å². The maximum atomic E-state index is 13.0. The van der Waals surface area contributed by atoms with Crippen LogP contribution in [0.4, 0.5) is 18.9 Å². The normalized spacial score (nSPS) is 14.8. The Bertz CT molecular complexity index is 896. The molecule has 2 N–H and O–H groups in total. The summed E-state index contributed by atoms with van der Waals surface area (Å²) in [5.74, 6) is -0.602. The molecule has 1 aliphatic rings. The van der Waals surface area contributed by atoms with Crippen molar-refractivity contribution in [3.63, 3.8) is 0 Å². The average molecular weight is 383 g/mol. The third-order valence-electron chi connectivity index (χ3n) is 4.07. The molecule has 9 heteroatoms. The number of halogens is 3. The van der Waals surface area contributed by atoms with Crippen LogP contribution in [0.15, 0.2) is 34.2 Å². The highest BCUT2D eigenvalue weighted by Gasteiger charge is 2.34. The van der Waals surface area contributed by atoms with Crippen LogP contribution in [-0.4, -0.2) is 21.1 Å². The fourth-order valence-corrected chi connectivity index (χ4v) is 3.58. The largest absolute Gasteiger partial charge is 0.418 e. The van der Waals surface area contributed by atoms with Crippen molar-refractivity contribution in [3.8, 4) is 0 Å². The molecule has 0 fully saturated rings. The van der Waals surface area contributed by atoms with E-state index in [-0.39, 0.29) is 11.2 Å². The highest BCUT2D eigenvalue weighted by atomic mass is 32.2. The molecule has 0 saturated heterocycles. The number of nitrogens with zero attached hydrogens (tertiary/aromatic N) is 1. The number of aromatic nitrogens is 2. The van der Waals surface area contributed by atoms with Gasteiger partial charge in [0.05, 0.1) is 22.2 Å². The number of hydrogen-bond donors (Lipinski definition) is 2. The van der Waals surface area contributed by atoms with Gasteiger partial charge in [-0.3, -0.25) is 9.59 Å². The Morgan fingerprint density at radius 2 is 2.04 bits per heavy atom. The van der Waals surface area contributed by atoms with Crippen LogP contribution < -0.4 is 10.9 Å². The molecule has 0 spiro atoms. The molecule has 2 aromatic rings. The molecular formula is C17H16F3N3O2S. The van der Waals surface area contributed by atoms with Crippen LogP contribution in [0.1, 0.15) is 30.2 Å². The summed E-state index contributed by atoms with van der Waals surface area (Å²) in [6.07, 6.45) is -2.30. The van der Waals surface area contributed by atoms with E-state index >= 15 is 0 Å². The summed E-state index contributed by atoms with van der Waals surface area (Å²) in [6, 6.07) is 4.79. The number of nitrogens with one attached hydrogen (secondary N) is 2. The molecule has 26 heavy (non-hydrogen) atoms. The monoisotopic (exact) mass is 383 g/mol. The molecule has 0 saturated carbocycles. The second kappa shape index (κ2) is 7.14. The molecular weight excluding hydrogens is 367 g/mol. The average Bonchev–Trinajstić information content (AvgIpc) is 3.03. The second-order valence-corrected chi connectivity index (χ2v) is 7.27. The van der Waals surface area contributed by atoms with Crippen LogP contribution >= 0.6 is 11.8 Å². The van der Waals surface area contributed by atoms with Gasteiger partial charge in [-0.15, -0.1) is 0 Å². The minimum absolute atomic E-state index is 0.218. The van der Waals surface area contributed by atoms with Crippen LogP contribution in [0.2, 0.25) is 0 Å². The van der Waals surface area contributed by atoms with Gasteiger partial charge in [0, 0.05) is 5.56 Å². The van der Waals surface area contributed by atoms with E-state index in [9.17, 15) is 22.8 Å². The predicted octanol–water partition coefficient (Wildman–Crippen LogP) is 3.40. The van der Waals surface area contributed by atoms with E-state index in [0.717, 1.165) is 29.9 Å². The Balaban J connectivity index is 1.74. The van der Waals surface area contributed by atoms with E-state index < -0.39 is 22.9 Å². The van der Waals surface area contributed by atoms with E-state index in [1.165, 1.54) is 18.2 Å². The molecule has 0 aliphatic heterocycles. The number of fused-ring (bicyclic) bond motifs is 1. The fourth-order valence-electron chi connectivity index (χ4n) is 2.77. The number of aryl methyl sites for hydroxylation is 1. The van der Waals surface area contributed by atoms with Gasteiger partial charge in [0.1, 0.15) is 0 Å². The Labute approximate surface area is 151 Å². The first-order valence-electron chi connectivity index (χ1n) is 8.01. The van der Waals surface area contributed by atoms with Gasteiger partial charge in [0.2, 0.25) is 5.91 Å². The highest BCUT2D eigenvalue weighted by molar-refractivity contribution is 8.00. The first-order valence-corrected chi connectivity index (χ1v) is 8.89. The smallest absolute Gasteiger partial charge is 0.325 e. The first kappa shape index (κ1) is 18.5. The number of amides is 1. The van der Waals surface area contributed by atoms with Gasteiger partial charge in [0.15, 0.2) is 5.16 Å². The van der Waals surface area contributed by atoms with Crippen molar-refractivity contribution >= 4 is 23.4 Å². The topological polar surface area (TPSA) is 74.8 Å². The summed E-state index contributed by atoms with van der Waals surface area (Å²) in [7, 11) is 0. The van der Waals surface area contributed by atoms with Crippen molar-refractivity contribution in [3.05, 3.63) is 51.4 Å². The molecule has 0 unspecified atom stereocenters. The molecule has 1 heterocycles. The molecule has 1 aromatic heterocycles. The third kappa shape index (κ3) is 3.92. The molecule has 1 atom stereocenters. The number of alkyl halides is 3. The van der Waals surface area contributed by atoms with Crippen LogP contribution in [0.3, 0.4) is 0 Å². The molecule has 0 bridgehead atoms. The molecule has 1 amide bonds. The van der Waals surface area contributed by atoms with Gasteiger partial charge >= 0.3 is 6.18 Å². The second-order valence-electron chi connectivity index (χ2n) is 5.94. The zero-order valence-corrected chi connectivity index (χ0v) is 14.6. The van der Waals surface area contributed by atoms with Crippen LogP contribution in [-0.2, 0) is 23.8 Å². The Morgan fingerprint density at radius 3 is 2.77 bits per heavy atom. The minimum atomic E-state index is -4.56. The van der Waals surface area contributed by atoms with E-state index in [1.54, 1.807) is 6.92 Å². The zero-order valence-electron chi connectivity index (χ0n) is 13.8. The van der Waals surface area contributed by atoms with Crippen LogP contribution in [0, 0.1) is 0 Å². The van der Waals surface area contributed by atoms with Gasteiger partial charge in [0.25, 0.3) is 5.56 Å². The van der Waals surface area contributed by atoms with E-state index in [4.69, 9.17) is 0 Å². The number of carbonyl (C=O) groups is 1. The summed E-state index contributed by atoms with van der Waals surface area (Å²) in [5, 5.41) is 1.86. The summed E-state index contributed by atoms with van der Waals surface area (Å²) in [4.78, 5) is 31.3. The molecule has 0 radical (unpaired) electrons. The van der Waals surface area contributed by atoms with Crippen LogP contribution in [0.5, 0.6) is 0 Å². The summed E-state index contributed by atoms with van der Waals surface area (Å²) < 4.78 is 39.0. The lowest BCUT2D eigenvalue weighted by atomic mass is 10.1. The zero-order chi connectivity index (χ0) is 18.9. The number of thioether (sulfide) groups is 1. The molecule has 1 aromatic carbocycles. The SMILES string of the molecule is C[C@H](Sc1nc2c(c(=O)[nH]1)CCC2)C(=O)Nc1ccccc1C(F)(F)F. The minimum Gasteiger partial charge on any atom is -0.325 e. The maximum absolute atomic E-state index is 13.0. The van der Waals surface area contributed by atoms with Gasteiger partial charge < -0.3 is 10.3 Å². The number of rotatable bonds is 4. The fraction of sp³-hybridized carbons (Fsp3) is 0.353. The number of anilines is 1. The highest BCUT2D eigenvalue weighted by Crippen LogP contribution is 2.35. The van der Waals surface area contributed by atoms with E-state index in [0.29, 0.717) is 23.6 Å². The number of para-hydroxylation sites is 1. The van der Waals surface area contributed by atoms with Crippen molar-refractivity contribution in [2.24, 2.45) is 0 Å². The molecule has 3 rings (SSSR count). The van der Waals surface area contributed by atoms with Crippen molar-refractivity contribution in [1.82, 2.24) is 9.97 Å². The lowest BCUT2D eigenvalue weighted by Gasteiger charge is -2.16. The lowest BCUT2D eigenvalue weighted by Crippen LogP contribution is -2.25. The van der Waals surface area contributed by atoms with E-state index in [2.05, 4.69) is 15.3 Å². The van der Waals surface area contributed by atoms with Crippen LogP contribution in [0.25, 0.3) is 0 Å². The lowest BCUT2D eigenvalue weighted by molar-refractivity contribution is -0.137. The Morgan fingerprint density at radius 1 is 1.31 bits per heavy atom. The van der Waals surface area contributed by atoms with Crippen molar-refractivity contribution < 1.29 is 18.0 Å². The van der Waals surface area contributed by atoms with Gasteiger partial charge in [-0.1, -0.05) is 23.9 Å². The number of benzene rings is 1. The van der Waals surface area contributed by atoms with E-state index in [1.807, 2.05) is 0 Å². The third-order valence-corrected chi connectivity index (χ3v) is 5.05. The van der Waals surface area contributed by atoms with Crippen molar-refractivity contribution in [2.75, 3.05) is 5.32 Å². The number of aromatic amines is 1. The van der Waals surface area contributed by atoms with Crippen molar-refractivity contribution in [2.45, 2.75) is 42.8 Å². The number of hydrogen-bond acceptors (Lipinski definition) is 4. The molecule has 1 aliphatic carbocycles. The first-order chi connectivity index (χ1) is 12.3. The summed E-state index contributed by atoms with van der Waals surface area (Å²) in [5.41, 5.74) is -0.0238.